The first-order chi connectivity index (χ1) is 6.77. The molecule has 0 bridgehead atoms. The summed E-state index contributed by atoms with van der Waals surface area (Å²) in [6.45, 7) is 0.822. The summed E-state index contributed by atoms with van der Waals surface area (Å²) in [6, 6.07) is 0. The summed E-state index contributed by atoms with van der Waals surface area (Å²) in [5.41, 5.74) is 0. The maximum Gasteiger partial charge on any atom is 0.0584 e. The Morgan fingerprint density at radius 3 is 2.29 bits per heavy atom. The fraction of sp³-hybridized carbons (Fsp3) is 0.900. The maximum absolute atomic E-state index is 10.7. The van der Waals surface area contributed by atoms with Crippen LogP contribution in [0.2, 0.25) is 0 Å². The average Bonchev–Trinajstić information content (AvgIpc) is 2.15. The van der Waals surface area contributed by atoms with Crippen LogP contribution in [-0.2, 0) is 10.8 Å². The molecule has 0 aliphatic heterocycles. The van der Waals surface area contributed by atoms with Gasteiger partial charge in [0.2, 0.25) is 0 Å². The molecule has 82 valence electrons. The van der Waals surface area contributed by atoms with Gasteiger partial charge in [0.05, 0.1) is 5.16 Å². The van der Waals surface area contributed by atoms with Gasteiger partial charge in [0, 0.05) is 29.4 Å². The van der Waals surface area contributed by atoms with E-state index in [0.29, 0.717) is 0 Å². The van der Waals surface area contributed by atoms with E-state index in [9.17, 15) is 4.21 Å². The zero-order valence-corrected chi connectivity index (χ0v) is 10.5. The van der Waals surface area contributed by atoms with Crippen molar-refractivity contribution in [3.05, 3.63) is 0 Å². The molecule has 4 heteroatoms. The highest BCUT2D eigenvalue weighted by atomic mass is 32.2. The Morgan fingerprint density at radius 1 is 1.14 bits per heavy atom. The first-order valence-corrected chi connectivity index (χ1v) is 7.24. The van der Waals surface area contributed by atoms with E-state index >= 15 is 0 Å². The van der Waals surface area contributed by atoms with Gasteiger partial charge in [0.15, 0.2) is 0 Å². The van der Waals surface area contributed by atoms with Crippen LogP contribution >= 0.6 is 12.2 Å². The van der Waals surface area contributed by atoms with E-state index in [-0.39, 0.29) is 0 Å². The summed E-state index contributed by atoms with van der Waals surface area (Å²) < 4.78 is 10.7. The lowest BCUT2D eigenvalue weighted by atomic mass is 10.1. The summed E-state index contributed by atoms with van der Waals surface area (Å²) in [5, 5.41) is 2.37. The van der Waals surface area contributed by atoms with Crippen LogP contribution in [0.5, 0.6) is 0 Å². The van der Waals surface area contributed by atoms with Crippen molar-refractivity contribution >= 4 is 28.2 Å². The molecule has 0 amide bonds. The Balaban J connectivity index is 2.99. The molecule has 0 fully saturated rings. The van der Waals surface area contributed by atoms with Gasteiger partial charge < -0.3 is 0 Å². The molecule has 0 aromatic rings. The smallest absolute Gasteiger partial charge is 0.0584 e. The first-order valence-electron chi connectivity index (χ1n) is 5.11. The minimum atomic E-state index is -0.612. The fourth-order valence-electron chi connectivity index (χ4n) is 1.25. The second kappa shape index (κ2) is 11.0. The molecule has 0 aliphatic rings. The topological polar surface area (TPSA) is 29.4 Å². The number of nitrogens with zero attached hydrogens (tertiary/aromatic N) is 1. The predicted molar refractivity (Wildman–Crippen MR) is 66.5 cm³/mol. The van der Waals surface area contributed by atoms with Crippen molar-refractivity contribution in [3.8, 4) is 0 Å². The number of rotatable bonds is 9. The molecule has 0 rings (SSSR count). The van der Waals surface area contributed by atoms with Crippen molar-refractivity contribution in [2.75, 3.05) is 18.6 Å². The van der Waals surface area contributed by atoms with Crippen LogP contribution in [0.3, 0.4) is 0 Å². The van der Waals surface area contributed by atoms with Crippen molar-refractivity contribution in [2.45, 2.75) is 38.5 Å². The molecule has 0 aromatic carbocycles. The zero-order valence-electron chi connectivity index (χ0n) is 8.83. The van der Waals surface area contributed by atoms with Crippen LogP contribution in [0.1, 0.15) is 38.5 Å². The standard InChI is InChI=1S/C10H19NOS2/c1-14(12)9-7-5-3-2-4-6-8-11-10-13/h2-9H2,1H3/t14-/m0/s1. The molecule has 0 saturated heterocycles. The highest BCUT2D eigenvalue weighted by molar-refractivity contribution is 7.84. The van der Waals surface area contributed by atoms with Gasteiger partial charge in [-0.1, -0.05) is 25.7 Å². The maximum atomic E-state index is 10.7. The molecule has 0 radical (unpaired) electrons. The van der Waals surface area contributed by atoms with E-state index < -0.39 is 10.8 Å². The second-order valence-corrected chi connectivity index (χ2v) is 5.11. The number of unbranched alkanes of at least 4 members (excludes halogenated alkanes) is 5. The van der Waals surface area contributed by atoms with E-state index in [1.54, 1.807) is 6.26 Å². The molecule has 0 N–H and O–H groups in total. The van der Waals surface area contributed by atoms with Gasteiger partial charge in [-0.25, -0.2) is 4.99 Å². The number of hydrogen-bond donors (Lipinski definition) is 0. The first kappa shape index (κ1) is 13.9. The molecular formula is C10H19NOS2. The normalized spacial score (nSPS) is 12.1. The Labute approximate surface area is 94.7 Å². The monoisotopic (exact) mass is 233 g/mol. The van der Waals surface area contributed by atoms with E-state index in [1.807, 2.05) is 0 Å². The number of thiocarbonyl (C=S) groups is 1. The van der Waals surface area contributed by atoms with Gasteiger partial charge in [0.1, 0.15) is 0 Å². The third-order valence-electron chi connectivity index (χ3n) is 2.02. The van der Waals surface area contributed by atoms with E-state index in [2.05, 4.69) is 22.4 Å². The zero-order chi connectivity index (χ0) is 10.6. The minimum absolute atomic E-state index is 0.612. The van der Waals surface area contributed by atoms with Crippen molar-refractivity contribution < 1.29 is 4.21 Å². The number of isothiocyanates is 1. The highest BCUT2D eigenvalue weighted by Gasteiger charge is 1.93. The van der Waals surface area contributed by atoms with Crippen LogP contribution in [-0.4, -0.2) is 27.9 Å². The molecule has 0 unspecified atom stereocenters. The third kappa shape index (κ3) is 11.9. The lowest BCUT2D eigenvalue weighted by Crippen LogP contribution is -1.93. The Hall–Kier alpha value is -0.0500. The Bertz CT molecular complexity index is 192. The van der Waals surface area contributed by atoms with Gasteiger partial charge >= 0.3 is 0 Å². The molecule has 1 atom stereocenters. The minimum Gasteiger partial charge on any atom is -0.260 e. The number of aliphatic imine (C=N–C) groups is 1. The quantitative estimate of drug-likeness (QED) is 0.348. The van der Waals surface area contributed by atoms with Gasteiger partial charge in [-0.2, -0.15) is 0 Å². The van der Waals surface area contributed by atoms with Gasteiger partial charge in [0.25, 0.3) is 0 Å². The summed E-state index contributed by atoms with van der Waals surface area (Å²) in [7, 11) is -0.612. The largest absolute Gasteiger partial charge is 0.260 e. The molecule has 0 saturated carbocycles. The van der Waals surface area contributed by atoms with E-state index in [0.717, 1.165) is 25.1 Å². The molecule has 2 nitrogen and oxygen atoms in total. The Kier molecular flexibility index (Phi) is 11.0. The molecule has 0 aromatic heterocycles. The van der Waals surface area contributed by atoms with Crippen LogP contribution in [0.15, 0.2) is 4.99 Å². The fourth-order valence-corrected chi connectivity index (χ4v) is 1.95. The predicted octanol–water partition coefficient (Wildman–Crippen LogP) is 2.81. The molecule has 0 aliphatic carbocycles. The lowest BCUT2D eigenvalue weighted by molar-refractivity contribution is 0.611. The third-order valence-corrected chi connectivity index (χ3v) is 3.01. The van der Waals surface area contributed by atoms with Gasteiger partial charge in [-0.05, 0) is 25.1 Å². The molecule has 14 heavy (non-hydrogen) atoms. The van der Waals surface area contributed by atoms with Crippen LogP contribution in [0, 0.1) is 0 Å². The number of hydrogen-bond acceptors (Lipinski definition) is 3. The summed E-state index contributed by atoms with van der Waals surface area (Å²) >= 11 is 4.47. The van der Waals surface area contributed by atoms with Crippen LogP contribution in [0.4, 0.5) is 0 Å². The van der Waals surface area contributed by atoms with E-state index in [4.69, 9.17) is 0 Å². The average molecular weight is 233 g/mol. The highest BCUT2D eigenvalue weighted by Crippen LogP contribution is 2.05. The summed E-state index contributed by atoms with van der Waals surface area (Å²) in [4.78, 5) is 3.85. The van der Waals surface area contributed by atoms with Crippen molar-refractivity contribution in [3.63, 3.8) is 0 Å². The van der Waals surface area contributed by atoms with Gasteiger partial charge in [-0.3, -0.25) is 4.21 Å². The van der Waals surface area contributed by atoms with Crippen molar-refractivity contribution in [1.29, 1.82) is 0 Å². The van der Waals surface area contributed by atoms with E-state index in [1.165, 1.54) is 25.7 Å². The lowest BCUT2D eigenvalue weighted by Gasteiger charge is -1.99. The summed E-state index contributed by atoms with van der Waals surface area (Å²) in [5.74, 6) is 0.856. The van der Waals surface area contributed by atoms with Crippen molar-refractivity contribution in [1.82, 2.24) is 0 Å². The second-order valence-electron chi connectivity index (χ2n) is 3.37. The summed E-state index contributed by atoms with van der Waals surface area (Å²) in [6.07, 6.45) is 8.90. The SMILES string of the molecule is C[S@](=O)CCCCCCCCN=C=S. The molecule has 0 spiro atoms. The van der Waals surface area contributed by atoms with Crippen molar-refractivity contribution in [2.24, 2.45) is 4.99 Å². The molecule has 0 heterocycles. The van der Waals surface area contributed by atoms with Crippen LogP contribution < -0.4 is 0 Å². The Morgan fingerprint density at radius 2 is 1.71 bits per heavy atom. The molecular weight excluding hydrogens is 214 g/mol. The van der Waals surface area contributed by atoms with Crippen LogP contribution in [0.25, 0.3) is 0 Å². The van der Waals surface area contributed by atoms with Gasteiger partial charge in [-0.15, -0.1) is 0 Å².